The number of hydrogen-bond donors (Lipinski definition) is 0. The third-order valence-electron chi connectivity index (χ3n) is 3.54. The molecule has 0 aliphatic carbocycles. The Morgan fingerprint density at radius 1 is 1.38 bits per heavy atom. The molecule has 2 aromatic rings. The molecule has 2 rings (SSSR count). The van der Waals surface area contributed by atoms with Crippen LogP contribution in [0.25, 0.3) is 0 Å². The lowest BCUT2D eigenvalue weighted by Crippen LogP contribution is -2.33. The zero-order chi connectivity index (χ0) is 17.5. The molecule has 5 heteroatoms. The van der Waals surface area contributed by atoms with E-state index in [2.05, 4.69) is 18.8 Å². The van der Waals surface area contributed by atoms with Crippen LogP contribution in [0.2, 0.25) is 0 Å². The molecule has 0 saturated carbocycles. The van der Waals surface area contributed by atoms with Gasteiger partial charge in [-0.2, -0.15) is 0 Å². The number of carbonyl (C=O) groups is 1. The predicted molar refractivity (Wildman–Crippen MR) is 98.2 cm³/mol. The molecule has 0 aliphatic rings. The van der Waals surface area contributed by atoms with E-state index in [9.17, 15) is 4.79 Å². The van der Waals surface area contributed by atoms with Crippen LogP contribution in [0.1, 0.15) is 43.5 Å². The lowest BCUT2D eigenvalue weighted by molar-refractivity contribution is -0.132. The van der Waals surface area contributed by atoms with Crippen molar-refractivity contribution in [3.05, 3.63) is 45.9 Å². The standard InChI is InChI=1S/C19H26N2O2S/c1-5-19(22)21(10-14(2)3)11-16-13-24-18(20-16)12-23-17-8-6-7-15(4)9-17/h6-9,13-14H,5,10-12H2,1-4H3. The van der Waals surface area contributed by atoms with Gasteiger partial charge in [0.25, 0.3) is 0 Å². The van der Waals surface area contributed by atoms with E-state index in [0.717, 1.165) is 23.0 Å². The van der Waals surface area contributed by atoms with E-state index in [4.69, 9.17) is 4.74 Å². The molecule has 0 spiro atoms. The lowest BCUT2D eigenvalue weighted by Gasteiger charge is -2.23. The fourth-order valence-corrected chi connectivity index (χ4v) is 3.15. The Kier molecular flexibility index (Phi) is 6.79. The molecule has 1 aromatic heterocycles. The lowest BCUT2D eigenvalue weighted by atomic mass is 10.2. The average Bonchev–Trinajstić information content (AvgIpc) is 2.99. The number of benzene rings is 1. The third-order valence-corrected chi connectivity index (χ3v) is 4.42. The van der Waals surface area contributed by atoms with Gasteiger partial charge < -0.3 is 9.64 Å². The summed E-state index contributed by atoms with van der Waals surface area (Å²) in [5, 5.41) is 2.95. The predicted octanol–water partition coefficient (Wildman–Crippen LogP) is 4.43. The SMILES string of the molecule is CCC(=O)N(Cc1csc(COc2cccc(C)c2)n1)CC(C)C. The molecule has 0 radical (unpaired) electrons. The fourth-order valence-electron chi connectivity index (χ4n) is 2.45. The van der Waals surface area contributed by atoms with Crippen molar-refractivity contribution in [2.24, 2.45) is 5.92 Å². The highest BCUT2D eigenvalue weighted by molar-refractivity contribution is 7.09. The topological polar surface area (TPSA) is 42.4 Å². The van der Waals surface area contributed by atoms with Gasteiger partial charge in [0.05, 0.1) is 12.2 Å². The first-order valence-corrected chi connectivity index (χ1v) is 9.26. The van der Waals surface area contributed by atoms with Crippen LogP contribution in [0.5, 0.6) is 5.75 Å². The molecule has 0 bridgehead atoms. The van der Waals surface area contributed by atoms with Gasteiger partial charge in [-0.1, -0.05) is 32.9 Å². The van der Waals surface area contributed by atoms with E-state index in [1.165, 1.54) is 5.56 Å². The molecule has 130 valence electrons. The first-order valence-electron chi connectivity index (χ1n) is 8.38. The van der Waals surface area contributed by atoms with Gasteiger partial charge >= 0.3 is 0 Å². The number of amides is 1. The second kappa shape index (κ2) is 8.83. The Balaban J connectivity index is 1.95. The number of ether oxygens (including phenoxy) is 1. The van der Waals surface area contributed by atoms with E-state index >= 15 is 0 Å². The quantitative estimate of drug-likeness (QED) is 0.710. The molecular weight excluding hydrogens is 320 g/mol. The molecule has 1 amide bonds. The van der Waals surface area contributed by atoms with Gasteiger partial charge in [-0.25, -0.2) is 4.98 Å². The molecule has 1 heterocycles. The van der Waals surface area contributed by atoms with Gasteiger partial charge in [-0.05, 0) is 30.5 Å². The number of rotatable bonds is 8. The van der Waals surface area contributed by atoms with Crippen molar-refractivity contribution in [1.29, 1.82) is 0 Å². The van der Waals surface area contributed by atoms with Crippen LogP contribution in [0.15, 0.2) is 29.6 Å². The summed E-state index contributed by atoms with van der Waals surface area (Å²) < 4.78 is 5.79. The molecule has 24 heavy (non-hydrogen) atoms. The maximum Gasteiger partial charge on any atom is 0.222 e. The summed E-state index contributed by atoms with van der Waals surface area (Å²) in [5.74, 6) is 1.48. The minimum absolute atomic E-state index is 0.175. The second-order valence-electron chi connectivity index (χ2n) is 6.36. The highest BCUT2D eigenvalue weighted by Gasteiger charge is 2.15. The van der Waals surface area contributed by atoms with Crippen molar-refractivity contribution in [2.75, 3.05) is 6.54 Å². The van der Waals surface area contributed by atoms with Crippen LogP contribution in [-0.2, 0) is 17.9 Å². The van der Waals surface area contributed by atoms with Gasteiger partial charge in [0.1, 0.15) is 17.4 Å². The number of thiazole rings is 1. The van der Waals surface area contributed by atoms with Crippen LogP contribution >= 0.6 is 11.3 Å². The highest BCUT2D eigenvalue weighted by atomic mass is 32.1. The van der Waals surface area contributed by atoms with Crippen LogP contribution in [0.3, 0.4) is 0 Å². The van der Waals surface area contributed by atoms with Crippen molar-refractivity contribution in [3.63, 3.8) is 0 Å². The van der Waals surface area contributed by atoms with E-state index in [0.29, 0.717) is 25.5 Å². The number of carbonyl (C=O) groups excluding carboxylic acids is 1. The average molecular weight is 346 g/mol. The number of aromatic nitrogens is 1. The summed E-state index contributed by atoms with van der Waals surface area (Å²) in [5.41, 5.74) is 2.11. The first kappa shape index (κ1) is 18.5. The molecular formula is C19H26N2O2S. The van der Waals surface area contributed by atoms with Gasteiger partial charge in [0.2, 0.25) is 5.91 Å². The van der Waals surface area contributed by atoms with E-state index in [-0.39, 0.29) is 5.91 Å². The Morgan fingerprint density at radius 2 is 2.17 bits per heavy atom. The van der Waals surface area contributed by atoms with Gasteiger partial charge in [0, 0.05) is 18.3 Å². The minimum atomic E-state index is 0.175. The fraction of sp³-hybridized carbons (Fsp3) is 0.474. The number of nitrogens with zero attached hydrogens (tertiary/aromatic N) is 2. The second-order valence-corrected chi connectivity index (χ2v) is 7.30. The summed E-state index contributed by atoms with van der Waals surface area (Å²) in [4.78, 5) is 18.6. The van der Waals surface area contributed by atoms with Crippen LogP contribution < -0.4 is 4.74 Å². The Morgan fingerprint density at radius 3 is 2.83 bits per heavy atom. The number of hydrogen-bond acceptors (Lipinski definition) is 4. The summed E-state index contributed by atoms with van der Waals surface area (Å²) in [6, 6.07) is 7.99. The highest BCUT2D eigenvalue weighted by Crippen LogP contribution is 2.18. The molecule has 0 unspecified atom stereocenters. The molecule has 4 nitrogen and oxygen atoms in total. The van der Waals surface area contributed by atoms with Gasteiger partial charge in [-0.15, -0.1) is 11.3 Å². The van der Waals surface area contributed by atoms with Crippen LogP contribution in [-0.4, -0.2) is 22.3 Å². The van der Waals surface area contributed by atoms with Crippen LogP contribution in [0.4, 0.5) is 0 Å². The van der Waals surface area contributed by atoms with E-state index < -0.39 is 0 Å². The molecule has 0 saturated heterocycles. The Hall–Kier alpha value is -1.88. The normalized spacial score (nSPS) is 10.9. The smallest absolute Gasteiger partial charge is 0.222 e. The summed E-state index contributed by atoms with van der Waals surface area (Å²) >= 11 is 1.58. The van der Waals surface area contributed by atoms with E-state index in [1.54, 1.807) is 11.3 Å². The Labute approximate surface area is 148 Å². The maximum atomic E-state index is 12.1. The molecule has 0 aliphatic heterocycles. The zero-order valence-corrected chi connectivity index (χ0v) is 15.7. The molecule has 0 N–H and O–H groups in total. The molecule has 0 atom stereocenters. The largest absolute Gasteiger partial charge is 0.486 e. The minimum Gasteiger partial charge on any atom is -0.486 e. The zero-order valence-electron chi connectivity index (χ0n) is 14.9. The van der Waals surface area contributed by atoms with Crippen molar-refractivity contribution < 1.29 is 9.53 Å². The van der Waals surface area contributed by atoms with Crippen molar-refractivity contribution in [1.82, 2.24) is 9.88 Å². The molecule has 0 fully saturated rings. The third kappa shape index (κ3) is 5.64. The van der Waals surface area contributed by atoms with Gasteiger partial charge in [0.15, 0.2) is 0 Å². The van der Waals surface area contributed by atoms with Crippen molar-refractivity contribution in [3.8, 4) is 5.75 Å². The maximum absolute atomic E-state index is 12.1. The Bertz CT molecular complexity index is 667. The summed E-state index contributed by atoms with van der Waals surface area (Å²) in [6.45, 7) is 9.99. The monoisotopic (exact) mass is 346 g/mol. The first-order chi connectivity index (χ1) is 11.5. The van der Waals surface area contributed by atoms with Crippen molar-refractivity contribution >= 4 is 17.2 Å². The van der Waals surface area contributed by atoms with E-state index in [1.807, 2.05) is 48.4 Å². The van der Waals surface area contributed by atoms with Crippen molar-refractivity contribution in [2.45, 2.75) is 47.3 Å². The van der Waals surface area contributed by atoms with Gasteiger partial charge in [-0.3, -0.25) is 4.79 Å². The molecule has 1 aromatic carbocycles. The van der Waals surface area contributed by atoms with Crippen LogP contribution in [0, 0.1) is 12.8 Å². The summed E-state index contributed by atoms with van der Waals surface area (Å²) in [6.07, 6.45) is 0.528. The number of aryl methyl sites for hydroxylation is 1. The summed E-state index contributed by atoms with van der Waals surface area (Å²) in [7, 11) is 0.